The molecule has 0 spiro atoms. The molecule has 1 aromatic carbocycles. The van der Waals surface area contributed by atoms with Gasteiger partial charge in [0.2, 0.25) is 0 Å². The molecule has 0 bridgehead atoms. The monoisotopic (exact) mass is 420 g/mol. The van der Waals surface area contributed by atoms with Crippen LogP contribution in [0.15, 0.2) is 23.0 Å². The Bertz CT molecular complexity index is 1380. The second-order valence-corrected chi connectivity index (χ2v) is 8.18. The van der Waals surface area contributed by atoms with E-state index in [0.29, 0.717) is 53.8 Å². The molecule has 31 heavy (non-hydrogen) atoms. The van der Waals surface area contributed by atoms with E-state index < -0.39 is 11.6 Å². The molecule has 0 saturated heterocycles. The fraction of sp³-hybridized carbons (Fsp3) is 0.348. The zero-order valence-electron chi connectivity index (χ0n) is 17.2. The Balaban J connectivity index is 1.62. The lowest BCUT2D eigenvalue weighted by Crippen LogP contribution is -2.44. The number of aliphatic hydroxyl groups is 1. The summed E-state index contributed by atoms with van der Waals surface area (Å²) in [6.45, 7) is 4.92. The molecule has 8 nitrogen and oxygen atoms in total. The third-order valence-corrected chi connectivity index (χ3v) is 6.64. The van der Waals surface area contributed by atoms with Gasteiger partial charge in [0, 0.05) is 22.6 Å². The van der Waals surface area contributed by atoms with Gasteiger partial charge in [-0.25, -0.2) is 9.78 Å². The quantitative estimate of drug-likeness (QED) is 0.471. The summed E-state index contributed by atoms with van der Waals surface area (Å²) in [6.07, 6.45) is 0.113. The number of fused-ring (bicyclic) bond motifs is 6. The van der Waals surface area contributed by atoms with E-state index >= 15 is 0 Å². The van der Waals surface area contributed by atoms with Crippen LogP contribution >= 0.6 is 0 Å². The topological polar surface area (TPSA) is 99.9 Å². The summed E-state index contributed by atoms with van der Waals surface area (Å²) in [5.74, 6) is 0.612. The lowest BCUT2D eigenvalue weighted by Gasteiger charge is -2.31. The number of hydrogen-bond acceptors (Lipinski definition) is 7. The molecule has 1 atom stereocenters. The van der Waals surface area contributed by atoms with Crippen LogP contribution in [0.3, 0.4) is 0 Å². The normalized spacial score (nSPS) is 20.8. The van der Waals surface area contributed by atoms with E-state index in [1.54, 1.807) is 17.6 Å². The van der Waals surface area contributed by atoms with Crippen LogP contribution in [0.4, 0.5) is 0 Å². The molecule has 1 unspecified atom stereocenters. The van der Waals surface area contributed by atoms with E-state index in [1.165, 1.54) is 0 Å². The molecule has 158 valence electrons. The highest BCUT2D eigenvalue weighted by atomic mass is 16.6. The molecule has 0 amide bonds. The molecule has 5 heterocycles. The average Bonchev–Trinajstić information content (AvgIpc) is 3.15. The fourth-order valence-electron chi connectivity index (χ4n) is 4.82. The number of hydrogen-bond donors (Lipinski definition) is 1. The second-order valence-electron chi connectivity index (χ2n) is 8.18. The van der Waals surface area contributed by atoms with Crippen molar-refractivity contribution in [3.05, 3.63) is 50.8 Å². The average molecular weight is 420 g/mol. The number of aryl methyl sites for hydroxylation is 1. The van der Waals surface area contributed by atoms with Crippen molar-refractivity contribution in [1.82, 2.24) is 9.55 Å². The highest BCUT2D eigenvalue weighted by Crippen LogP contribution is 2.42. The summed E-state index contributed by atoms with van der Waals surface area (Å²) in [6, 6.07) is 5.52. The maximum atomic E-state index is 13.3. The molecule has 0 aliphatic carbocycles. The minimum atomic E-state index is -1.83. The number of carbonyl (C=O) groups is 1. The van der Waals surface area contributed by atoms with Gasteiger partial charge in [-0.3, -0.25) is 4.79 Å². The summed E-state index contributed by atoms with van der Waals surface area (Å²) < 4.78 is 18.2. The number of ether oxygens (including phenoxy) is 3. The third kappa shape index (κ3) is 2.31. The Hall–Kier alpha value is -3.39. The number of aromatic nitrogens is 2. The van der Waals surface area contributed by atoms with Crippen molar-refractivity contribution < 1.29 is 24.1 Å². The maximum Gasteiger partial charge on any atom is 0.343 e. The van der Waals surface area contributed by atoms with Crippen molar-refractivity contribution in [1.29, 1.82) is 0 Å². The van der Waals surface area contributed by atoms with Crippen molar-refractivity contribution in [2.24, 2.45) is 0 Å². The largest absolute Gasteiger partial charge is 0.486 e. The van der Waals surface area contributed by atoms with Crippen molar-refractivity contribution in [2.75, 3.05) is 13.2 Å². The van der Waals surface area contributed by atoms with Crippen LogP contribution in [0, 0.1) is 6.92 Å². The third-order valence-electron chi connectivity index (χ3n) is 6.64. The first-order valence-corrected chi connectivity index (χ1v) is 10.3. The first-order chi connectivity index (χ1) is 14.9. The molecule has 0 saturated carbocycles. The Kier molecular flexibility index (Phi) is 3.60. The molecule has 6 rings (SSSR count). The number of pyridine rings is 2. The molecule has 1 N–H and O–H groups in total. The number of benzene rings is 1. The van der Waals surface area contributed by atoms with Gasteiger partial charge in [-0.2, -0.15) is 0 Å². The molecular formula is C23H20N2O6. The van der Waals surface area contributed by atoms with Crippen LogP contribution in [-0.4, -0.2) is 33.8 Å². The van der Waals surface area contributed by atoms with Gasteiger partial charge in [0.25, 0.3) is 5.56 Å². The number of rotatable bonds is 1. The minimum Gasteiger partial charge on any atom is -0.486 e. The number of esters is 1. The summed E-state index contributed by atoms with van der Waals surface area (Å²) in [5, 5.41) is 11.9. The SMILES string of the molecule is CCC1(O)C(=O)OCc2c1cc1n(c2=O)Cc2c-1nc1cc3c(cc1c2C)OCCO3. The van der Waals surface area contributed by atoms with Crippen LogP contribution in [0.25, 0.3) is 22.3 Å². The predicted octanol–water partition coefficient (Wildman–Crippen LogP) is 2.16. The summed E-state index contributed by atoms with van der Waals surface area (Å²) >= 11 is 0. The van der Waals surface area contributed by atoms with Gasteiger partial charge in [-0.1, -0.05) is 6.92 Å². The van der Waals surface area contributed by atoms with Gasteiger partial charge < -0.3 is 23.9 Å². The zero-order valence-corrected chi connectivity index (χ0v) is 17.2. The summed E-state index contributed by atoms with van der Waals surface area (Å²) in [4.78, 5) is 30.5. The highest BCUT2D eigenvalue weighted by molar-refractivity contribution is 5.91. The number of nitrogens with zero attached hydrogens (tertiary/aromatic N) is 2. The van der Waals surface area contributed by atoms with Crippen LogP contribution in [-0.2, 0) is 28.3 Å². The van der Waals surface area contributed by atoms with E-state index in [-0.39, 0.29) is 18.6 Å². The standard InChI is InChI=1S/C23H20N2O6/c1-3-23(28)15-7-17-20-13(9-25(17)21(26)14(15)10-31-22(23)27)11(2)12-6-18-19(8-16(12)24-20)30-5-4-29-18/h6-8,28H,3-5,9-10H2,1-2H3. The van der Waals surface area contributed by atoms with Gasteiger partial charge in [0.05, 0.1) is 29.0 Å². The molecule has 3 aliphatic heterocycles. The summed E-state index contributed by atoms with van der Waals surface area (Å²) in [7, 11) is 0. The van der Waals surface area contributed by atoms with Crippen molar-refractivity contribution in [3.8, 4) is 22.9 Å². The first kappa shape index (κ1) is 18.4. The molecule has 2 aromatic heterocycles. The molecule has 3 aliphatic rings. The second kappa shape index (κ2) is 6.07. The molecule has 3 aromatic rings. The van der Waals surface area contributed by atoms with Gasteiger partial charge in [0.15, 0.2) is 17.1 Å². The van der Waals surface area contributed by atoms with Crippen LogP contribution in [0.1, 0.15) is 35.6 Å². The number of cyclic esters (lactones) is 1. The molecule has 0 radical (unpaired) electrons. The minimum absolute atomic E-state index is 0.113. The van der Waals surface area contributed by atoms with Gasteiger partial charge >= 0.3 is 5.97 Å². The van der Waals surface area contributed by atoms with E-state index in [9.17, 15) is 14.7 Å². The molecule has 8 heteroatoms. The first-order valence-electron chi connectivity index (χ1n) is 10.3. The lowest BCUT2D eigenvalue weighted by molar-refractivity contribution is -0.172. The smallest absolute Gasteiger partial charge is 0.343 e. The fourth-order valence-corrected chi connectivity index (χ4v) is 4.82. The predicted molar refractivity (Wildman–Crippen MR) is 110 cm³/mol. The Morgan fingerprint density at radius 3 is 2.58 bits per heavy atom. The van der Waals surface area contributed by atoms with Crippen LogP contribution in [0.5, 0.6) is 11.5 Å². The van der Waals surface area contributed by atoms with E-state index in [4.69, 9.17) is 19.2 Å². The van der Waals surface area contributed by atoms with Gasteiger partial charge in [-0.15, -0.1) is 0 Å². The summed E-state index contributed by atoms with van der Waals surface area (Å²) in [5.41, 5.74) is 2.51. The van der Waals surface area contributed by atoms with E-state index in [0.717, 1.165) is 22.0 Å². The van der Waals surface area contributed by atoms with Crippen molar-refractivity contribution >= 4 is 16.9 Å². The zero-order chi connectivity index (χ0) is 21.5. The van der Waals surface area contributed by atoms with E-state index in [2.05, 4.69) is 0 Å². The molecular weight excluding hydrogens is 400 g/mol. The lowest BCUT2D eigenvalue weighted by atomic mass is 9.86. The highest BCUT2D eigenvalue weighted by Gasteiger charge is 2.45. The van der Waals surface area contributed by atoms with E-state index in [1.807, 2.05) is 19.1 Å². The Morgan fingerprint density at radius 2 is 1.84 bits per heavy atom. The Morgan fingerprint density at radius 1 is 1.10 bits per heavy atom. The van der Waals surface area contributed by atoms with Crippen LogP contribution in [0.2, 0.25) is 0 Å². The van der Waals surface area contributed by atoms with Gasteiger partial charge in [-0.05, 0) is 31.0 Å². The van der Waals surface area contributed by atoms with Gasteiger partial charge in [0.1, 0.15) is 19.8 Å². The number of carbonyl (C=O) groups excluding carboxylic acids is 1. The van der Waals surface area contributed by atoms with Crippen molar-refractivity contribution in [2.45, 2.75) is 39.0 Å². The Labute approximate surface area is 177 Å². The van der Waals surface area contributed by atoms with Crippen molar-refractivity contribution in [3.63, 3.8) is 0 Å². The maximum absolute atomic E-state index is 13.3. The molecule has 0 fully saturated rings. The van der Waals surface area contributed by atoms with Crippen LogP contribution < -0.4 is 15.0 Å².